The minimum Gasteiger partial charge on any atom is -0.395 e. The Labute approximate surface area is 70.9 Å². The summed E-state index contributed by atoms with van der Waals surface area (Å²) in [6, 6.07) is -0.483. The molecule has 5 heteroatoms. The predicted molar refractivity (Wildman–Crippen MR) is 41.5 cm³/mol. The third-order valence-electron chi connectivity index (χ3n) is 2.37. The van der Waals surface area contributed by atoms with E-state index in [1.807, 2.05) is 0 Å². The molecule has 0 aromatic carbocycles. The summed E-state index contributed by atoms with van der Waals surface area (Å²) in [7, 11) is 1.68. The molecule has 72 valence electrons. The molecule has 1 aliphatic rings. The van der Waals surface area contributed by atoms with E-state index in [0.29, 0.717) is 0 Å². The van der Waals surface area contributed by atoms with Crippen LogP contribution in [0.15, 0.2) is 0 Å². The first kappa shape index (κ1) is 9.88. The predicted octanol–water partition coefficient (Wildman–Crippen LogP) is -2.62. The molecule has 12 heavy (non-hydrogen) atoms. The molecular weight excluding hydrogens is 162 g/mol. The molecule has 1 rings (SSSR count). The van der Waals surface area contributed by atoms with E-state index in [-0.39, 0.29) is 13.2 Å². The number of hydrogen-bond donors (Lipinski definition) is 4. The fourth-order valence-corrected chi connectivity index (χ4v) is 1.50. The van der Waals surface area contributed by atoms with Crippen LogP contribution >= 0.6 is 0 Å². The highest BCUT2D eigenvalue weighted by atomic mass is 16.4. The van der Waals surface area contributed by atoms with Gasteiger partial charge in [-0.25, -0.2) is 0 Å². The third-order valence-corrected chi connectivity index (χ3v) is 2.37. The van der Waals surface area contributed by atoms with Gasteiger partial charge in [0.25, 0.3) is 0 Å². The molecule has 0 aromatic rings. The number of piperidine rings is 1. The summed E-state index contributed by atoms with van der Waals surface area (Å²) in [6.45, 7) is 0.0465. The van der Waals surface area contributed by atoms with Gasteiger partial charge in [-0.05, 0) is 7.05 Å². The molecule has 1 aliphatic heterocycles. The van der Waals surface area contributed by atoms with Crippen molar-refractivity contribution in [2.75, 3.05) is 20.2 Å². The molecule has 1 fully saturated rings. The molecule has 0 aliphatic carbocycles. The lowest BCUT2D eigenvalue weighted by Crippen LogP contribution is -2.61. The summed E-state index contributed by atoms with van der Waals surface area (Å²) in [5.74, 6) is 0. The number of likely N-dealkylation sites (N-methyl/N-ethyl adjacent to an activating group) is 1. The van der Waals surface area contributed by atoms with Crippen LogP contribution < -0.4 is 0 Å². The average molecular weight is 177 g/mol. The standard InChI is InChI=1S/C7H15NO4/c1-8-2-5(10)7(12)6(11)4(8)3-9/h4-7,9-12H,2-3H2,1H3/t4?,5?,6?,7-/m1/s1. The van der Waals surface area contributed by atoms with Gasteiger partial charge in [-0.1, -0.05) is 0 Å². The van der Waals surface area contributed by atoms with Gasteiger partial charge in [0.05, 0.1) is 18.8 Å². The van der Waals surface area contributed by atoms with Crippen molar-refractivity contribution in [3.05, 3.63) is 0 Å². The van der Waals surface area contributed by atoms with E-state index in [1.165, 1.54) is 0 Å². The zero-order chi connectivity index (χ0) is 9.30. The molecule has 0 radical (unpaired) electrons. The van der Waals surface area contributed by atoms with Gasteiger partial charge >= 0.3 is 0 Å². The third kappa shape index (κ3) is 1.60. The van der Waals surface area contributed by atoms with E-state index >= 15 is 0 Å². The summed E-state index contributed by atoms with van der Waals surface area (Å²) in [5, 5.41) is 36.6. The first-order valence-corrected chi connectivity index (χ1v) is 3.93. The second-order valence-corrected chi connectivity index (χ2v) is 3.24. The quantitative estimate of drug-likeness (QED) is 0.352. The van der Waals surface area contributed by atoms with E-state index in [2.05, 4.69) is 0 Å². The minimum absolute atomic E-state index is 0.221. The molecule has 1 saturated heterocycles. The van der Waals surface area contributed by atoms with Crippen molar-refractivity contribution in [3.63, 3.8) is 0 Å². The lowest BCUT2D eigenvalue weighted by atomic mass is 9.95. The SMILES string of the molecule is CN1CC(O)[C@@H](O)C(O)C1CO. The van der Waals surface area contributed by atoms with Crippen molar-refractivity contribution >= 4 is 0 Å². The Morgan fingerprint density at radius 2 is 1.83 bits per heavy atom. The number of hydrogen-bond acceptors (Lipinski definition) is 5. The maximum atomic E-state index is 9.37. The topological polar surface area (TPSA) is 84.2 Å². The van der Waals surface area contributed by atoms with E-state index in [9.17, 15) is 15.3 Å². The summed E-state index contributed by atoms with van der Waals surface area (Å²) in [5.41, 5.74) is 0. The van der Waals surface area contributed by atoms with Gasteiger partial charge in [0.1, 0.15) is 12.2 Å². The van der Waals surface area contributed by atoms with Crippen molar-refractivity contribution < 1.29 is 20.4 Å². The van der Waals surface area contributed by atoms with Crippen LogP contribution in [0.5, 0.6) is 0 Å². The second kappa shape index (κ2) is 3.68. The summed E-state index contributed by atoms with van der Waals surface area (Å²) in [6.07, 6.45) is -3.17. The van der Waals surface area contributed by atoms with Crippen molar-refractivity contribution in [3.8, 4) is 0 Å². The Morgan fingerprint density at radius 3 is 2.33 bits per heavy atom. The lowest BCUT2D eigenvalue weighted by molar-refractivity contribution is -0.138. The minimum atomic E-state index is -1.15. The van der Waals surface area contributed by atoms with Gasteiger partial charge in [-0.3, -0.25) is 4.90 Å². The number of aliphatic hydroxyl groups is 4. The first-order valence-electron chi connectivity index (χ1n) is 3.93. The molecular formula is C7H15NO4. The monoisotopic (exact) mass is 177 g/mol. The van der Waals surface area contributed by atoms with Gasteiger partial charge in [0.15, 0.2) is 0 Å². The Morgan fingerprint density at radius 1 is 1.25 bits per heavy atom. The molecule has 0 amide bonds. The Kier molecular flexibility index (Phi) is 3.03. The molecule has 5 nitrogen and oxygen atoms in total. The number of aliphatic hydroxyl groups excluding tert-OH is 4. The fourth-order valence-electron chi connectivity index (χ4n) is 1.50. The van der Waals surface area contributed by atoms with Gasteiger partial charge in [0, 0.05) is 6.54 Å². The second-order valence-electron chi connectivity index (χ2n) is 3.24. The van der Waals surface area contributed by atoms with Crippen LogP contribution in [0.25, 0.3) is 0 Å². The highest BCUT2D eigenvalue weighted by Gasteiger charge is 2.39. The molecule has 4 atom stereocenters. The summed E-state index contributed by atoms with van der Waals surface area (Å²) >= 11 is 0. The number of likely N-dealkylation sites (tertiary alicyclic amines) is 1. The van der Waals surface area contributed by atoms with Crippen molar-refractivity contribution in [1.29, 1.82) is 0 Å². The first-order chi connectivity index (χ1) is 5.57. The van der Waals surface area contributed by atoms with Gasteiger partial charge in [-0.15, -0.1) is 0 Å². The number of nitrogens with zero attached hydrogens (tertiary/aromatic N) is 1. The maximum absolute atomic E-state index is 9.37. The Balaban J connectivity index is 2.65. The van der Waals surface area contributed by atoms with E-state index < -0.39 is 24.4 Å². The molecule has 0 saturated carbocycles. The Hall–Kier alpha value is -0.200. The van der Waals surface area contributed by atoms with Gasteiger partial charge in [0.2, 0.25) is 0 Å². The zero-order valence-corrected chi connectivity index (χ0v) is 6.96. The van der Waals surface area contributed by atoms with Crippen LogP contribution in [0.4, 0.5) is 0 Å². The Bertz CT molecular complexity index is 154. The molecule has 0 spiro atoms. The molecule has 4 N–H and O–H groups in total. The largest absolute Gasteiger partial charge is 0.395 e. The van der Waals surface area contributed by atoms with E-state index in [4.69, 9.17) is 5.11 Å². The molecule has 0 aromatic heterocycles. The number of β-amino-alcohol motifs (C(OH)–C–C–N with tert-alkyl or cyclic N) is 1. The normalized spacial score (nSPS) is 44.8. The maximum Gasteiger partial charge on any atom is 0.109 e. The van der Waals surface area contributed by atoms with Crippen LogP contribution in [0, 0.1) is 0 Å². The van der Waals surface area contributed by atoms with Crippen LogP contribution in [0.1, 0.15) is 0 Å². The zero-order valence-electron chi connectivity index (χ0n) is 6.96. The van der Waals surface area contributed by atoms with Crippen molar-refractivity contribution in [1.82, 2.24) is 4.90 Å². The molecule has 1 heterocycles. The lowest BCUT2D eigenvalue weighted by Gasteiger charge is -2.40. The van der Waals surface area contributed by atoms with Crippen LogP contribution in [0.3, 0.4) is 0 Å². The molecule has 0 bridgehead atoms. The van der Waals surface area contributed by atoms with Crippen molar-refractivity contribution in [2.45, 2.75) is 24.4 Å². The highest BCUT2D eigenvalue weighted by molar-refractivity contribution is 4.92. The fraction of sp³-hybridized carbons (Fsp3) is 1.00. The summed E-state index contributed by atoms with van der Waals surface area (Å²) < 4.78 is 0. The van der Waals surface area contributed by atoms with E-state index in [1.54, 1.807) is 11.9 Å². The van der Waals surface area contributed by atoms with Crippen LogP contribution in [-0.2, 0) is 0 Å². The van der Waals surface area contributed by atoms with E-state index in [0.717, 1.165) is 0 Å². The van der Waals surface area contributed by atoms with Gasteiger partial charge < -0.3 is 20.4 Å². The molecule has 3 unspecified atom stereocenters. The van der Waals surface area contributed by atoms with Crippen LogP contribution in [0.2, 0.25) is 0 Å². The van der Waals surface area contributed by atoms with Crippen molar-refractivity contribution in [2.24, 2.45) is 0 Å². The highest BCUT2D eigenvalue weighted by Crippen LogP contribution is 2.16. The van der Waals surface area contributed by atoms with Gasteiger partial charge in [-0.2, -0.15) is 0 Å². The summed E-state index contributed by atoms with van der Waals surface area (Å²) in [4.78, 5) is 1.63. The average Bonchev–Trinajstić information content (AvgIpc) is 2.01. The van der Waals surface area contributed by atoms with Crippen LogP contribution in [-0.4, -0.2) is 69.9 Å². The number of rotatable bonds is 1. The smallest absolute Gasteiger partial charge is 0.109 e.